The Labute approximate surface area is 123 Å². The van der Waals surface area contributed by atoms with Gasteiger partial charge in [-0.2, -0.15) is 18.2 Å². The smallest absolute Gasteiger partial charge is 0.416 e. The van der Waals surface area contributed by atoms with Crippen molar-refractivity contribution in [1.82, 2.24) is 20.1 Å². The lowest BCUT2D eigenvalue weighted by Gasteiger charge is -2.07. The maximum Gasteiger partial charge on any atom is 0.416 e. The highest BCUT2D eigenvalue weighted by Crippen LogP contribution is 2.29. The van der Waals surface area contributed by atoms with E-state index in [0.717, 1.165) is 12.1 Å². The van der Waals surface area contributed by atoms with Gasteiger partial charge in [-0.1, -0.05) is 0 Å². The van der Waals surface area contributed by atoms with Gasteiger partial charge < -0.3 is 10.1 Å². The van der Waals surface area contributed by atoms with E-state index in [1.807, 2.05) is 0 Å². The number of benzene rings is 1. The number of amides is 1. The molecule has 0 atom stereocenters. The van der Waals surface area contributed by atoms with Crippen molar-refractivity contribution < 1.29 is 22.7 Å². The Morgan fingerprint density at radius 2 is 2.00 bits per heavy atom. The molecule has 0 spiro atoms. The number of halogens is 3. The number of nitrogens with one attached hydrogen (secondary N) is 1. The molecule has 6 nitrogen and oxygen atoms in total. The first-order valence-electron chi connectivity index (χ1n) is 6.33. The van der Waals surface area contributed by atoms with Crippen LogP contribution in [0.25, 0.3) is 5.69 Å². The molecule has 2 rings (SSSR count). The molecule has 0 aliphatic carbocycles. The van der Waals surface area contributed by atoms with E-state index in [-0.39, 0.29) is 24.9 Å². The normalized spacial score (nSPS) is 11.3. The number of hydrogen-bond donors (Lipinski definition) is 1. The lowest BCUT2D eigenvalue weighted by Crippen LogP contribution is -2.20. The molecule has 1 amide bonds. The number of carbonyl (C=O) groups is 1. The molecule has 22 heavy (non-hydrogen) atoms. The fourth-order valence-electron chi connectivity index (χ4n) is 1.60. The highest BCUT2D eigenvalue weighted by atomic mass is 19.4. The van der Waals surface area contributed by atoms with E-state index in [1.165, 1.54) is 30.2 Å². The van der Waals surface area contributed by atoms with Gasteiger partial charge in [-0.15, -0.1) is 5.10 Å². The fourth-order valence-corrected chi connectivity index (χ4v) is 1.60. The van der Waals surface area contributed by atoms with Crippen LogP contribution in [0.1, 0.15) is 12.0 Å². The molecule has 0 saturated heterocycles. The number of carbonyl (C=O) groups excluding carboxylic acids is 1. The zero-order valence-corrected chi connectivity index (χ0v) is 11.6. The average Bonchev–Trinajstić information content (AvgIpc) is 2.95. The second-order valence-electron chi connectivity index (χ2n) is 4.29. The first-order valence-corrected chi connectivity index (χ1v) is 6.33. The largest absolute Gasteiger partial charge is 0.462 e. The highest BCUT2D eigenvalue weighted by Gasteiger charge is 2.30. The molecule has 1 N–H and O–H groups in total. The summed E-state index contributed by atoms with van der Waals surface area (Å²) in [5, 5.41) is 6.41. The van der Waals surface area contributed by atoms with E-state index in [1.54, 1.807) is 0 Å². The summed E-state index contributed by atoms with van der Waals surface area (Å²) in [7, 11) is 1.51. The lowest BCUT2D eigenvalue weighted by molar-refractivity contribution is -0.137. The molecule has 0 fully saturated rings. The van der Waals surface area contributed by atoms with Crippen molar-refractivity contribution in [2.24, 2.45) is 0 Å². The molecule has 1 aromatic carbocycles. The van der Waals surface area contributed by atoms with Crippen molar-refractivity contribution in [2.45, 2.75) is 12.6 Å². The van der Waals surface area contributed by atoms with Crippen LogP contribution in [0.15, 0.2) is 30.6 Å². The predicted octanol–water partition coefficient (Wildman–Crippen LogP) is 1.80. The minimum atomic E-state index is -4.38. The number of aromatic nitrogens is 3. The fraction of sp³-hybridized carbons (Fsp3) is 0.308. The van der Waals surface area contributed by atoms with Crippen LogP contribution in [0.2, 0.25) is 0 Å². The quantitative estimate of drug-likeness (QED) is 0.914. The predicted molar refractivity (Wildman–Crippen MR) is 70.5 cm³/mol. The van der Waals surface area contributed by atoms with Crippen LogP contribution in [0.4, 0.5) is 13.2 Å². The third-order valence-electron chi connectivity index (χ3n) is 2.77. The van der Waals surface area contributed by atoms with E-state index in [2.05, 4.69) is 15.4 Å². The molecule has 0 aliphatic rings. The van der Waals surface area contributed by atoms with Crippen LogP contribution in [0.5, 0.6) is 6.01 Å². The Morgan fingerprint density at radius 1 is 1.32 bits per heavy atom. The van der Waals surface area contributed by atoms with Crippen LogP contribution in [-0.2, 0) is 11.0 Å². The van der Waals surface area contributed by atoms with Crippen molar-refractivity contribution in [3.63, 3.8) is 0 Å². The van der Waals surface area contributed by atoms with Crippen LogP contribution in [0.3, 0.4) is 0 Å². The van der Waals surface area contributed by atoms with Crippen LogP contribution >= 0.6 is 0 Å². The Bertz CT molecular complexity index is 637. The minimum Gasteiger partial charge on any atom is -0.462 e. The van der Waals surface area contributed by atoms with Gasteiger partial charge in [0.1, 0.15) is 12.9 Å². The van der Waals surface area contributed by atoms with Crippen LogP contribution in [-0.4, -0.2) is 34.3 Å². The molecular formula is C13H13F3N4O2. The maximum absolute atomic E-state index is 12.5. The van der Waals surface area contributed by atoms with Gasteiger partial charge >= 0.3 is 12.2 Å². The van der Waals surface area contributed by atoms with Crippen molar-refractivity contribution in [3.8, 4) is 11.7 Å². The second-order valence-corrected chi connectivity index (χ2v) is 4.29. The Kier molecular flexibility index (Phi) is 4.64. The van der Waals surface area contributed by atoms with Gasteiger partial charge in [0.15, 0.2) is 0 Å². The zero-order chi connectivity index (χ0) is 16.2. The van der Waals surface area contributed by atoms with Gasteiger partial charge in [0, 0.05) is 7.05 Å². The van der Waals surface area contributed by atoms with E-state index in [9.17, 15) is 18.0 Å². The standard InChI is InChI=1S/C13H13F3N4O2/c1-17-11(21)6-7-22-12-18-8-20(19-12)10-4-2-9(3-5-10)13(14,15)16/h2-5,8H,6-7H2,1H3,(H,17,21). The second kappa shape index (κ2) is 6.46. The summed E-state index contributed by atoms with van der Waals surface area (Å²) < 4.78 is 43.9. The molecule has 118 valence electrons. The summed E-state index contributed by atoms with van der Waals surface area (Å²) in [5.74, 6) is -0.179. The van der Waals surface area contributed by atoms with Gasteiger partial charge in [-0.3, -0.25) is 4.79 Å². The first kappa shape index (κ1) is 15.8. The third-order valence-corrected chi connectivity index (χ3v) is 2.77. The summed E-state index contributed by atoms with van der Waals surface area (Å²) in [4.78, 5) is 14.9. The maximum atomic E-state index is 12.5. The Morgan fingerprint density at radius 3 is 2.59 bits per heavy atom. The topological polar surface area (TPSA) is 69.0 Å². The molecule has 0 bridgehead atoms. The van der Waals surface area contributed by atoms with E-state index >= 15 is 0 Å². The van der Waals surface area contributed by atoms with E-state index in [4.69, 9.17) is 4.74 Å². The molecule has 0 aliphatic heterocycles. The number of alkyl halides is 3. The van der Waals surface area contributed by atoms with Gasteiger partial charge in [0.2, 0.25) is 5.91 Å². The summed E-state index contributed by atoms with van der Waals surface area (Å²) in [6.45, 7) is 0.108. The molecular weight excluding hydrogens is 301 g/mol. The van der Waals surface area contributed by atoms with Gasteiger partial charge in [0.05, 0.1) is 17.7 Å². The number of ether oxygens (including phenoxy) is 1. The summed E-state index contributed by atoms with van der Waals surface area (Å²) >= 11 is 0. The van der Waals surface area contributed by atoms with Gasteiger partial charge in [-0.05, 0) is 24.3 Å². The van der Waals surface area contributed by atoms with Crippen molar-refractivity contribution in [2.75, 3.05) is 13.7 Å². The average molecular weight is 314 g/mol. The minimum absolute atomic E-state index is 0.0452. The molecule has 2 aromatic rings. The Balaban J connectivity index is 2.00. The number of hydrogen-bond acceptors (Lipinski definition) is 4. The number of rotatable bonds is 5. The zero-order valence-electron chi connectivity index (χ0n) is 11.6. The molecule has 0 saturated carbocycles. The first-order chi connectivity index (χ1) is 10.4. The summed E-state index contributed by atoms with van der Waals surface area (Å²) in [5.41, 5.74) is -0.319. The van der Waals surface area contributed by atoms with Crippen molar-refractivity contribution in [1.29, 1.82) is 0 Å². The van der Waals surface area contributed by atoms with Gasteiger partial charge in [-0.25, -0.2) is 4.68 Å². The molecule has 0 radical (unpaired) electrons. The summed E-state index contributed by atoms with van der Waals surface area (Å²) in [6.07, 6.45) is -2.90. The summed E-state index contributed by atoms with van der Waals surface area (Å²) in [6, 6.07) is 4.54. The molecule has 1 aromatic heterocycles. The molecule has 0 unspecified atom stereocenters. The monoisotopic (exact) mass is 314 g/mol. The van der Waals surface area contributed by atoms with Gasteiger partial charge in [0.25, 0.3) is 0 Å². The number of nitrogens with zero attached hydrogens (tertiary/aromatic N) is 3. The van der Waals surface area contributed by atoms with Crippen LogP contribution in [0, 0.1) is 0 Å². The SMILES string of the molecule is CNC(=O)CCOc1ncn(-c2ccc(C(F)(F)F)cc2)n1. The molecule has 1 heterocycles. The van der Waals surface area contributed by atoms with Crippen molar-refractivity contribution >= 4 is 5.91 Å². The highest BCUT2D eigenvalue weighted by molar-refractivity contribution is 5.75. The van der Waals surface area contributed by atoms with E-state index in [0.29, 0.717) is 5.69 Å². The Hall–Kier alpha value is -2.58. The van der Waals surface area contributed by atoms with Crippen molar-refractivity contribution in [3.05, 3.63) is 36.2 Å². The lowest BCUT2D eigenvalue weighted by atomic mass is 10.2. The third kappa shape index (κ3) is 3.96. The van der Waals surface area contributed by atoms with Crippen LogP contribution < -0.4 is 10.1 Å². The molecule has 9 heteroatoms. The van der Waals surface area contributed by atoms with E-state index < -0.39 is 11.7 Å².